The first kappa shape index (κ1) is 21.0. The summed E-state index contributed by atoms with van der Waals surface area (Å²) in [5.74, 6) is 0.0167. The van der Waals surface area contributed by atoms with Gasteiger partial charge in [-0.2, -0.15) is 5.26 Å². The summed E-state index contributed by atoms with van der Waals surface area (Å²) >= 11 is 0. The molecule has 0 spiro atoms. The zero-order valence-corrected chi connectivity index (χ0v) is 16.1. The van der Waals surface area contributed by atoms with Gasteiger partial charge in [-0.3, -0.25) is 4.79 Å². The lowest BCUT2D eigenvalue weighted by atomic mass is 9.98. The third-order valence-electron chi connectivity index (χ3n) is 3.79. The summed E-state index contributed by atoms with van der Waals surface area (Å²) in [5, 5.41) is 8.59. The fourth-order valence-electron chi connectivity index (χ4n) is 2.50. The van der Waals surface area contributed by atoms with Crippen LogP contribution in [0.3, 0.4) is 0 Å². The summed E-state index contributed by atoms with van der Waals surface area (Å²) in [6.07, 6.45) is 1.67. The second-order valence-electron chi connectivity index (χ2n) is 5.97. The van der Waals surface area contributed by atoms with Gasteiger partial charge in [0, 0.05) is 11.1 Å². The maximum Gasteiger partial charge on any atom is 0.339 e. The van der Waals surface area contributed by atoms with E-state index in [0.717, 1.165) is 12.8 Å². The lowest BCUT2D eigenvalue weighted by Crippen LogP contribution is -2.13. The van der Waals surface area contributed by atoms with Gasteiger partial charge in [-0.25, -0.2) is 4.79 Å². The first-order valence-corrected chi connectivity index (χ1v) is 9.19. The normalized spacial score (nSPS) is 10.0. The lowest BCUT2D eigenvalue weighted by Gasteiger charge is -2.14. The van der Waals surface area contributed by atoms with Gasteiger partial charge in [-0.1, -0.05) is 32.0 Å². The Labute approximate surface area is 164 Å². The van der Waals surface area contributed by atoms with Crippen molar-refractivity contribution in [3.8, 4) is 17.6 Å². The van der Waals surface area contributed by atoms with E-state index in [1.807, 2.05) is 13.8 Å². The number of rotatable bonds is 10. The van der Waals surface area contributed by atoms with E-state index in [2.05, 4.69) is 0 Å². The third kappa shape index (κ3) is 5.34. The fourth-order valence-corrected chi connectivity index (χ4v) is 2.50. The molecule has 0 saturated heterocycles. The number of esters is 1. The lowest BCUT2D eigenvalue weighted by molar-refractivity contribution is 0.0552. The van der Waals surface area contributed by atoms with E-state index in [1.165, 1.54) is 6.07 Å². The number of hydrogen-bond donors (Lipinski definition) is 0. The minimum atomic E-state index is -0.712. The van der Waals surface area contributed by atoms with Crippen molar-refractivity contribution < 1.29 is 23.8 Å². The van der Waals surface area contributed by atoms with Crippen LogP contribution in [0.1, 0.15) is 53.0 Å². The Bertz CT molecular complexity index is 869. The SMILES string of the molecule is CCCOc1ccc(C(=O)c2ccccc2C(=O)OCC#N)cc1OCCC. The van der Waals surface area contributed by atoms with Crippen molar-refractivity contribution in [2.45, 2.75) is 26.7 Å². The molecule has 0 atom stereocenters. The second-order valence-corrected chi connectivity index (χ2v) is 5.97. The van der Waals surface area contributed by atoms with Crippen LogP contribution >= 0.6 is 0 Å². The number of nitriles is 1. The molecule has 146 valence electrons. The Hall–Kier alpha value is -3.33. The predicted octanol–water partition coefficient (Wildman–Crippen LogP) is 4.18. The standard InChI is InChI=1S/C22H23NO5/c1-3-12-26-19-10-9-16(15-20(19)27-13-4-2)21(24)17-7-5-6-8-18(17)22(25)28-14-11-23/h5-10,15H,3-4,12-14H2,1-2H3. The molecule has 0 aliphatic heterocycles. The predicted molar refractivity (Wildman–Crippen MR) is 104 cm³/mol. The highest BCUT2D eigenvalue weighted by Gasteiger charge is 2.20. The van der Waals surface area contributed by atoms with Gasteiger partial charge in [-0.05, 0) is 37.1 Å². The monoisotopic (exact) mass is 381 g/mol. The molecular formula is C22H23NO5. The van der Waals surface area contributed by atoms with E-state index in [-0.39, 0.29) is 23.5 Å². The van der Waals surface area contributed by atoms with Gasteiger partial charge in [-0.15, -0.1) is 0 Å². The molecule has 0 unspecified atom stereocenters. The summed E-state index contributed by atoms with van der Waals surface area (Å²) in [7, 11) is 0. The quantitative estimate of drug-likeness (QED) is 0.453. The maximum absolute atomic E-state index is 13.0. The molecule has 0 amide bonds. The van der Waals surface area contributed by atoms with Crippen LogP contribution in [0.15, 0.2) is 42.5 Å². The van der Waals surface area contributed by atoms with Gasteiger partial charge in [0.05, 0.1) is 18.8 Å². The number of ether oxygens (including phenoxy) is 3. The summed E-state index contributed by atoms with van der Waals surface area (Å²) < 4.78 is 16.3. The van der Waals surface area contributed by atoms with E-state index >= 15 is 0 Å². The van der Waals surface area contributed by atoms with E-state index in [4.69, 9.17) is 19.5 Å². The van der Waals surface area contributed by atoms with Gasteiger partial charge in [0.1, 0.15) is 6.07 Å². The largest absolute Gasteiger partial charge is 0.490 e. The summed E-state index contributed by atoms with van der Waals surface area (Å²) in [6.45, 7) is 4.66. The topological polar surface area (TPSA) is 85.6 Å². The molecular weight excluding hydrogens is 358 g/mol. The van der Waals surface area contributed by atoms with Crippen molar-refractivity contribution in [2.24, 2.45) is 0 Å². The smallest absolute Gasteiger partial charge is 0.339 e. The van der Waals surface area contributed by atoms with Gasteiger partial charge in [0.15, 0.2) is 23.9 Å². The highest BCUT2D eigenvalue weighted by Crippen LogP contribution is 2.30. The van der Waals surface area contributed by atoms with Crippen molar-refractivity contribution in [3.05, 3.63) is 59.2 Å². The summed E-state index contributed by atoms with van der Waals surface area (Å²) in [5.41, 5.74) is 0.690. The molecule has 2 rings (SSSR count). The van der Waals surface area contributed by atoms with E-state index in [9.17, 15) is 9.59 Å². The highest BCUT2D eigenvalue weighted by atomic mass is 16.5. The molecule has 0 bridgehead atoms. The number of benzene rings is 2. The zero-order chi connectivity index (χ0) is 20.4. The van der Waals surface area contributed by atoms with Crippen LogP contribution in [-0.4, -0.2) is 31.6 Å². The Morgan fingerprint density at radius 2 is 1.57 bits per heavy atom. The zero-order valence-electron chi connectivity index (χ0n) is 16.1. The molecule has 2 aromatic rings. The number of ketones is 1. The fraction of sp³-hybridized carbons (Fsp3) is 0.318. The van der Waals surface area contributed by atoms with E-state index < -0.39 is 5.97 Å². The maximum atomic E-state index is 13.0. The molecule has 0 N–H and O–H groups in total. The second kappa shape index (κ2) is 10.7. The van der Waals surface area contributed by atoms with Crippen LogP contribution in [0.4, 0.5) is 0 Å². The van der Waals surface area contributed by atoms with Crippen LogP contribution in [0.5, 0.6) is 11.5 Å². The molecule has 0 radical (unpaired) electrons. The Morgan fingerprint density at radius 1 is 0.929 bits per heavy atom. The van der Waals surface area contributed by atoms with Crippen molar-refractivity contribution in [2.75, 3.05) is 19.8 Å². The Balaban J connectivity index is 2.36. The highest BCUT2D eigenvalue weighted by molar-refractivity contribution is 6.14. The van der Waals surface area contributed by atoms with Crippen LogP contribution < -0.4 is 9.47 Å². The Kier molecular flexibility index (Phi) is 8.04. The van der Waals surface area contributed by atoms with Gasteiger partial charge >= 0.3 is 5.97 Å². The third-order valence-corrected chi connectivity index (χ3v) is 3.79. The molecule has 0 saturated carbocycles. The number of hydrogen-bond acceptors (Lipinski definition) is 6. The molecule has 2 aromatic carbocycles. The van der Waals surface area contributed by atoms with Crippen molar-refractivity contribution in [1.82, 2.24) is 0 Å². The van der Waals surface area contributed by atoms with E-state index in [0.29, 0.717) is 30.3 Å². The number of carbonyl (C=O) groups excluding carboxylic acids is 2. The molecule has 0 aromatic heterocycles. The van der Waals surface area contributed by atoms with Gasteiger partial charge < -0.3 is 14.2 Å². The van der Waals surface area contributed by atoms with E-state index in [1.54, 1.807) is 42.5 Å². The average Bonchev–Trinajstić information content (AvgIpc) is 2.74. The van der Waals surface area contributed by atoms with Crippen LogP contribution in [-0.2, 0) is 4.74 Å². The molecule has 0 aliphatic carbocycles. The van der Waals surface area contributed by atoms with Crippen LogP contribution in [0.2, 0.25) is 0 Å². The average molecular weight is 381 g/mol. The molecule has 6 heteroatoms. The summed E-state index contributed by atoms with van der Waals surface area (Å²) in [4.78, 5) is 25.2. The molecule has 0 aliphatic rings. The molecule has 0 fully saturated rings. The van der Waals surface area contributed by atoms with Crippen molar-refractivity contribution in [3.63, 3.8) is 0 Å². The molecule has 6 nitrogen and oxygen atoms in total. The summed E-state index contributed by atoms with van der Waals surface area (Å²) in [6, 6.07) is 13.1. The van der Waals surface area contributed by atoms with Crippen LogP contribution in [0, 0.1) is 11.3 Å². The minimum absolute atomic E-state index is 0.116. The van der Waals surface area contributed by atoms with Crippen LogP contribution in [0.25, 0.3) is 0 Å². The van der Waals surface area contributed by atoms with Crippen molar-refractivity contribution in [1.29, 1.82) is 5.26 Å². The van der Waals surface area contributed by atoms with Gasteiger partial charge in [0.25, 0.3) is 0 Å². The first-order valence-electron chi connectivity index (χ1n) is 9.19. The molecule has 0 heterocycles. The van der Waals surface area contributed by atoms with Gasteiger partial charge in [0.2, 0.25) is 0 Å². The number of carbonyl (C=O) groups is 2. The number of nitrogens with zero attached hydrogens (tertiary/aromatic N) is 1. The Morgan fingerprint density at radius 3 is 2.21 bits per heavy atom. The first-order chi connectivity index (χ1) is 13.6. The molecule has 28 heavy (non-hydrogen) atoms. The van der Waals surface area contributed by atoms with Crippen molar-refractivity contribution >= 4 is 11.8 Å². The minimum Gasteiger partial charge on any atom is -0.490 e.